The number of nitrogens with zero attached hydrogens (tertiary/aromatic N) is 2. The fourth-order valence-electron chi connectivity index (χ4n) is 7.13. The van der Waals surface area contributed by atoms with E-state index in [2.05, 4.69) is 74.8 Å². The van der Waals surface area contributed by atoms with Crippen LogP contribution in [-0.4, -0.2) is 55.1 Å². The molecule has 2 aromatic carbocycles. The average Bonchev–Trinajstić information content (AvgIpc) is 2.93. The van der Waals surface area contributed by atoms with Gasteiger partial charge in [0.25, 0.3) is 0 Å². The fraction of sp³-hybridized carbons (Fsp3) is 0.559. The Balaban J connectivity index is 1.67. The van der Waals surface area contributed by atoms with E-state index < -0.39 is 0 Å². The summed E-state index contributed by atoms with van der Waals surface area (Å²) in [6, 6.07) is 11.0. The van der Waals surface area contributed by atoms with Gasteiger partial charge in [-0.2, -0.15) is 0 Å². The van der Waals surface area contributed by atoms with Crippen molar-refractivity contribution in [1.82, 2.24) is 9.80 Å². The molecule has 0 bridgehead atoms. The Morgan fingerprint density at radius 2 is 1.64 bits per heavy atom. The predicted molar refractivity (Wildman–Crippen MR) is 160 cm³/mol. The van der Waals surface area contributed by atoms with E-state index in [-0.39, 0.29) is 11.5 Å². The molecular formula is C34H48N2O3. The van der Waals surface area contributed by atoms with E-state index in [1.54, 1.807) is 14.2 Å². The lowest BCUT2D eigenvalue weighted by molar-refractivity contribution is -0.140. The van der Waals surface area contributed by atoms with Crippen LogP contribution >= 0.6 is 0 Å². The summed E-state index contributed by atoms with van der Waals surface area (Å²) in [5, 5.41) is 0. The standard InChI is InChI=1S/C34H48N2O3/c1-8-27(33-28(9-2)21-30(38-6)22-31(33)39-7)20-29-11-12-32(37)36(10-3)34(29)13-15-35(16-14-34)23-26-18-24(4)17-25(5)19-26/h17-22,27H,8-16,23H2,1-7H3/b29-20+. The summed E-state index contributed by atoms with van der Waals surface area (Å²) < 4.78 is 11.5. The third kappa shape index (κ3) is 6.04. The average molecular weight is 533 g/mol. The Kier molecular flexibility index (Phi) is 9.43. The molecule has 0 radical (unpaired) electrons. The molecule has 39 heavy (non-hydrogen) atoms. The zero-order valence-corrected chi connectivity index (χ0v) is 25.2. The minimum atomic E-state index is -0.192. The smallest absolute Gasteiger partial charge is 0.223 e. The van der Waals surface area contributed by atoms with E-state index in [1.807, 2.05) is 6.07 Å². The highest BCUT2D eigenvalue weighted by Crippen LogP contribution is 2.45. The molecule has 2 fully saturated rings. The van der Waals surface area contributed by atoms with Crippen molar-refractivity contribution in [3.8, 4) is 11.5 Å². The van der Waals surface area contributed by atoms with Crippen molar-refractivity contribution in [2.45, 2.75) is 91.1 Å². The highest BCUT2D eigenvalue weighted by molar-refractivity contribution is 5.80. The summed E-state index contributed by atoms with van der Waals surface area (Å²) in [6.07, 6.45) is 7.83. The summed E-state index contributed by atoms with van der Waals surface area (Å²) in [7, 11) is 3.46. The molecule has 212 valence electrons. The van der Waals surface area contributed by atoms with Crippen LogP contribution in [0.1, 0.15) is 86.6 Å². The number of likely N-dealkylation sites (N-methyl/N-ethyl adjacent to an activating group) is 1. The Morgan fingerprint density at radius 3 is 2.21 bits per heavy atom. The maximum atomic E-state index is 13.2. The first-order valence-electron chi connectivity index (χ1n) is 14.8. The molecule has 0 aromatic heterocycles. The molecule has 2 heterocycles. The highest BCUT2D eigenvalue weighted by Gasteiger charge is 2.47. The number of carbonyl (C=O) groups is 1. The van der Waals surface area contributed by atoms with Crippen molar-refractivity contribution < 1.29 is 14.3 Å². The van der Waals surface area contributed by atoms with E-state index in [0.29, 0.717) is 12.3 Å². The van der Waals surface area contributed by atoms with Crippen LogP contribution in [0, 0.1) is 13.8 Å². The van der Waals surface area contributed by atoms with Crippen LogP contribution in [0.4, 0.5) is 0 Å². The molecule has 5 nitrogen and oxygen atoms in total. The summed E-state index contributed by atoms with van der Waals surface area (Å²) in [5.41, 5.74) is 7.82. The number of hydrogen-bond donors (Lipinski definition) is 0. The van der Waals surface area contributed by atoms with E-state index in [4.69, 9.17) is 9.47 Å². The van der Waals surface area contributed by atoms with Crippen molar-refractivity contribution in [3.05, 3.63) is 69.8 Å². The Labute approximate surface area is 236 Å². The Hall–Kier alpha value is -2.79. The predicted octanol–water partition coefficient (Wildman–Crippen LogP) is 6.98. The zero-order chi connectivity index (χ0) is 28.2. The molecule has 1 spiro atoms. The van der Waals surface area contributed by atoms with Crippen LogP contribution in [0.3, 0.4) is 0 Å². The van der Waals surface area contributed by atoms with Crippen molar-refractivity contribution in [2.75, 3.05) is 33.9 Å². The number of allylic oxidation sites excluding steroid dienone is 1. The van der Waals surface area contributed by atoms with Gasteiger partial charge in [0, 0.05) is 50.1 Å². The number of hydrogen-bond acceptors (Lipinski definition) is 4. The number of rotatable bonds is 9. The van der Waals surface area contributed by atoms with Crippen LogP contribution in [0.25, 0.3) is 0 Å². The van der Waals surface area contributed by atoms with Crippen LogP contribution in [0.15, 0.2) is 42.0 Å². The SMILES string of the molecule is CCc1cc(OC)cc(OC)c1C(/C=C1\CCC(=O)N(CC)C12CCN(Cc1cc(C)cc(C)c1)CC2)CC. The highest BCUT2D eigenvalue weighted by atomic mass is 16.5. The minimum Gasteiger partial charge on any atom is -0.497 e. The number of ether oxygens (including phenoxy) is 2. The summed E-state index contributed by atoms with van der Waals surface area (Å²) >= 11 is 0. The van der Waals surface area contributed by atoms with Gasteiger partial charge in [-0.3, -0.25) is 9.69 Å². The molecule has 2 aromatic rings. The van der Waals surface area contributed by atoms with Gasteiger partial charge in [0.1, 0.15) is 11.5 Å². The molecule has 2 aliphatic rings. The first-order chi connectivity index (χ1) is 18.8. The van der Waals surface area contributed by atoms with Crippen molar-refractivity contribution >= 4 is 5.91 Å². The summed E-state index contributed by atoms with van der Waals surface area (Å²) in [6.45, 7) is 14.7. The van der Waals surface area contributed by atoms with Crippen LogP contribution in [0.2, 0.25) is 0 Å². The number of methoxy groups -OCH3 is 2. The van der Waals surface area contributed by atoms with Crippen LogP contribution in [-0.2, 0) is 17.8 Å². The lowest BCUT2D eigenvalue weighted by atomic mass is 9.72. The molecule has 0 aliphatic carbocycles. The van der Waals surface area contributed by atoms with Gasteiger partial charge in [-0.1, -0.05) is 49.2 Å². The molecular weight excluding hydrogens is 484 g/mol. The molecule has 2 saturated heterocycles. The quantitative estimate of drug-likeness (QED) is 0.327. The molecule has 1 unspecified atom stereocenters. The molecule has 0 N–H and O–H groups in total. The van der Waals surface area contributed by atoms with Gasteiger partial charge in [0.05, 0.1) is 19.8 Å². The number of likely N-dealkylation sites (tertiary alicyclic amines) is 2. The van der Waals surface area contributed by atoms with Gasteiger partial charge < -0.3 is 14.4 Å². The molecule has 2 aliphatic heterocycles. The van der Waals surface area contributed by atoms with Crippen molar-refractivity contribution in [3.63, 3.8) is 0 Å². The van der Waals surface area contributed by atoms with Gasteiger partial charge in [-0.05, 0) is 75.6 Å². The van der Waals surface area contributed by atoms with Gasteiger partial charge in [-0.15, -0.1) is 0 Å². The maximum Gasteiger partial charge on any atom is 0.223 e. The van der Waals surface area contributed by atoms with Gasteiger partial charge in [-0.25, -0.2) is 0 Å². The third-order valence-electron chi connectivity index (χ3n) is 8.96. The lowest BCUT2D eigenvalue weighted by Crippen LogP contribution is -2.60. The zero-order valence-electron chi connectivity index (χ0n) is 25.2. The van der Waals surface area contributed by atoms with Gasteiger partial charge in [0.2, 0.25) is 5.91 Å². The summed E-state index contributed by atoms with van der Waals surface area (Å²) in [5.74, 6) is 2.27. The number of benzene rings is 2. The monoisotopic (exact) mass is 532 g/mol. The van der Waals surface area contributed by atoms with Gasteiger partial charge >= 0.3 is 0 Å². The molecule has 0 saturated carbocycles. The second-order valence-corrected chi connectivity index (χ2v) is 11.4. The number of carbonyl (C=O) groups excluding carboxylic acids is 1. The number of piperidine rings is 2. The molecule has 1 atom stereocenters. The lowest BCUT2D eigenvalue weighted by Gasteiger charge is -2.53. The molecule has 1 amide bonds. The molecule has 5 heteroatoms. The topological polar surface area (TPSA) is 42.0 Å². The molecule has 4 rings (SSSR count). The summed E-state index contributed by atoms with van der Waals surface area (Å²) in [4.78, 5) is 18.0. The second-order valence-electron chi connectivity index (χ2n) is 11.4. The maximum absolute atomic E-state index is 13.2. The van der Waals surface area contributed by atoms with Crippen molar-refractivity contribution in [1.29, 1.82) is 0 Å². The van der Waals surface area contributed by atoms with E-state index in [1.165, 1.54) is 33.4 Å². The Morgan fingerprint density at radius 1 is 0.949 bits per heavy atom. The van der Waals surface area contributed by atoms with Crippen molar-refractivity contribution in [2.24, 2.45) is 0 Å². The first-order valence-corrected chi connectivity index (χ1v) is 14.8. The fourth-order valence-corrected chi connectivity index (χ4v) is 7.13. The Bertz CT molecular complexity index is 1150. The largest absolute Gasteiger partial charge is 0.497 e. The minimum absolute atomic E-state index is 0.192. The van der Waals surface area contributed by atoms with E-state index in [9.17, 15) is 4.79 Å². The number of amides is 1. The van der Waals surface area contributed by atoms with E-state index in [0.717, 1.165) is 69.8 Å². The van der Waals surface area contributed by atoms with Crippen LogP contribution in [0.5, 0.6) is 11.5 Å². The van der Waals surface area contributed by atoms with Gasteiger partial charge in [0.15, 0.2) is 0 Å². The first kappa shape index (κ1) is 29.2. The third-order valence-corrected chi connectivity index (χ3v) is 8.96. The normalized spacial score (nSPS) is 19.5. The van der Waals surface area contributed by atoms with Crippen LogP contribution < -0.4 is 9.47 Å². The van der Waals surface area contributed by atoms with E-state index >= 15 is 0 Å². The second kappa shape index (κ2) is 12.6. The number of aryl methyl sites for hydroxylation is 3.